The van der Waals surface area contributed by atoms with Gasteiger partial charge in [0.05, 0.1) is 37.1 Å². The Balaban J connectivity index is 2.56. The predicted octanol–water partition coefficient (Wildman–Crippen LogP) is 3.53. The third-order valence-corrected chi connectivity index (χ3v) is 5.23. The number of methoxy groups -OCH3 is 3. The van der Waals surface area contributed by atoms with Crippen LogP contribution in [0.2, 0.25) is 10.0 Å². The minimum Gasteiger partial charge on any atom is -0.505 e. The highest BCUT2D eigenvalue weighted by atomic mass is 35.5. The van der Waals surface area contributed by atoms with Gasteiger partial charge < -0.3 is 19.3 Å². The minimum absolute atomic E-state index is 0.0275. The van der Waals surface area contributed by atoms with Crippen molar-refractivity contribution in [2.75, 3.05) is 26.1 Å². The van der Waals surface area contributed by atoms with Crippen molar-refractivity contribution in [3.63, 3.8) is 0 Å². The fraction of sp³-hybridized carbons (Fsp3) is 0.200. The molecule has 0 heterocycles. The molecule has 2 N–H and O–H groups in total. The molecule has 2 rings (SSSR count). The first kappa shape index (κ1) is 19.3. The number of sulfonamides is 1. The summed E-state index contributed by atoms with van der Waals surface area (Å²) in [6.07, 6.45) is 0. The van der Waals surface area contributed by atoms with Crippen LogP contribution in [-0.4, -0.2) is 34.9 Å². The fourth-order valence-corrected chi connectivity index (χ4v) is 3.90. The highest BCUT2D eigenvalue weighted by Gasteiger charge is 2.27. The standard InChI is InChI=1S/C15H15Cl2NO6S/c1-22-9-6-12(23-2)15(13(7-9)24-3)25(20,21)18-8-4-10(16)14(19)11(17)5-8/h4-7,18-19H,1-3H3. The van der Waals surface area contributed by atoms with Crippen molar-refractivity contribution in [1.29, 1.82) is 0 Å². The minimum atomic E-state index is -4.12. The predicted molar refractivity (Wildman–Crippen MR) is 95.0 cm³/mol. The van der Waals surface area contributed by atoms with Gasteiger partial charge in [-0.2, -0.15) is 0 Å². The number of aromatic hydroxyl groups is 1. The van der Waals surface area contributed by atoms with Gasteiger partial charge >= 0.3 is 0 Å². The molecule has 136 valence electrons. The molecule has 0 amide bonds. The van der Waals surface area contributed by atoms with E-state index in [2.05, 4.69) is 4.72 Å². The molecule has 0 unspecified atom stereocenters. The van der Waals surface area contributed by atoms with Gasteiger partial charge in [-0.15, -0.1) is 0 Å². The van der Waals surface area contributed by atoms with Crippen LogP contribution in [0.3, 0.4) is 0 Å². The summed E-state index contributed by atoms with van der Waals surface area (Å²) >= 11 is 11.6. The van der Waals surface area contributed by atoms with E-state index in [0.717, 1.165) is 0 Å². The van der Waals surface area contributed by atoms with Crippen molar-refractivity contribution in [2.24, 2.45) is 0 Å². The molecule has 2 aromatic carbocycles. The molecule has 0 fully saturated rings. The number of hydrogen-bond acceptors (Lipinski definition) is 6. The van der Waals surface area contributed by atoms with Crippen LogP contribution < -0.4 is 18.9 Å². The Labute approximate surface area is 155 Å². The van der Waals surface area contributed by atoms with Gasteiger partial charge in [-0.1, -0.05) is 23.2 Å². The zero-order valence-electron chi connectivity index (χ0n) is 13.5. The van der Waals surface area contributed by atoms with Crippen molar-refractivity contribution >= 4 is 38.9 Å². The molecule has 0 aliphatic heterocycles. The number of anilines is 1. The molecule has 0 aliphatic carbocycles. The Hall–Kier alpha value is -2.03. The van der Waals surface area contributed by atoms with Crippen molar-refractivity contribution in [3.8, 4) is 23.0 Å². The maximum atomic E-state index is 12.8. The maximum Gasteiger partial charge on any atom is 0.269 e. The summed E-state index contributed by atoms with van der Waals surface area (Å²) in [7, 11) is -0.0511. The number of nitrogens with one attached hydrogen (secondary N) is 1. The highest BCUT2D eigenvalue weighted by Crippen LogP contribution is 2.40. The molecule has 0 spiro atoms. The number of benzene rings is 2. The lowest BCUT2D eigenvalue weighted by molar-refractivity contribution is 0.359. The van der Waals surface area contributed by atoms with Gasteiger partial charge in [-0.3, -0.25) is 4.72 Å². The Morgan fingerprint density at radius 1 is 0.920 bits per heavy atom. The van der Waals surface area contributed by atoms with Crippen molar-refractivity contribution in [1.82, 2.24) is 0 Å². The van der Waals surface area contributed by atoms with E-state index in [1.807, 2.05) is 0 Å². The van der Waals surface area contributed by atoms with Crippen molar-refractivity contribution in [3.05, 3.63) is 34.3 Å². The topological polar surface area (TPSA) is 94.1 Å². The average Bonchev–Trinajstić information content (AvgIpc) is 2.57. The van der Waals surface area contributed by atoms with E-state index in [1.165, 1.54) is 45.6 Å². The lowest BCUT2D eigenvalue weighted by Gasteiger charge is -2.16. The number of phenols is 1. The lowest BCUT2D eigenvalue weighted by Crippen LogP contribution is -2.15. The smallest absolute Gasteiger partial charge is 0.269 e. The number of phenolic OH excluding ortho intramolecular Hbond substituents is 1. The second-order valence-electron chi connectivity index (χ2n) is 4.76. The van der Waals surface area contributed by atoms with Crippen LogP contribution in [0.25, 0.3) is 0 Å². The van der Waals surface area contributed by atoms with Gasteiger partial charge in [0.15, 0.2) is 10.6 Å². The van der Waals surface area contributed by atoms with Gasteiger partial charge in [0.2, 0.25) is 0 Å². The molecule has 0 saturated carbocycles. The van der Waals surface area contributed by atoms with Crippen LogP contribution >= 0.6 is 23.2 Å². The van der Waals surface area contributed by atoms with Crippen LogP contribution in [-0.2, 0) is 10.0 Å². The second kappa shape index (κ2) is 7.47. The number of halogens is 2. The summed E-state index contributed by atoms with van der Waals surface area (Å²) < 4.78 is 43.3. The Bertz CT molecular complexity index is 853. The Kier molecular flexibility index (Phi) is 5.76. The average molecular weight is 408 g/mol. The Morgan fingerprint density at radius 2 is 1.40 bits per heavy atom. The van der Waals surface area contributed by atoms with E-state index >= 15 is 0 Å². The van der Waals surface area contributed by atoms with Gasteiger partial charge in [0, 0.05) is 12.1 Å². The van der Waals surface area contributed by atoms with E-state index in [4.69, 9.17) is 37.4 Å². The zero-order valence-corrected chi connectivity index (χ0v) is 15.8. The largest absolute Gasteiger partial charge is 0.505 e. The fourth-order valence-electron chi connectivity index (χ4n) is 2.07. The van der Waals surface area contributed by atoms with E-state index < -0.39 is 10.0 Å². The third-order valence-electron chi connectivity index (χ3n) is 3.21. The molecule has 25 heavy (non-hydrogen) atoms. The summed E-state index contributed by atoms with van der Waals surface area (Å²) in [5, 5.41) is 9.38. The molecular formula is C15H15Cl2NO6S. The first-order valence-electron chi connectivity index (χ1n) is 6.74. The SMILES string of the molecule is COc1cc(OC)c(S(=O)(=O)Nc2cc(Cl)c(O)c(Cl)c2)c(OC)c1. The molecule has 0 bridgehead atoms. The van der Waals surface area contributed by atoms with Crippen molar-refractivity contribution in [2.45, 2.75) is 4.90 Å². The number of ether oxygens (including phenoxy) is 3. The molecule has 0 saturated heterocycles. The third kappa shape index (κ3) is 3.97. The summed E-state index contributed by atoms with van der Waals surface area (Å²) in [4.78, 5) is -0.224. The monoisotopic (exact) mass is 407 g/mol. The summed E-state index contributed by atoms with van der Waals surface area (Å²) in [6, 6.07) is 5.27. The molecule has 2 aromatic rings. The van der Waals surface area contributed by atoms with Crippen LogP contribution in [0.1, 0.15) is 0 Å². The molecule has 0 aliphatic rings. The summed E-state index contributed by atoms with van der Waals surface area (Å²) in [5.74, 6) is 0.0774. The highest BCUT2D eigenvalue weighted by molar-refractivity contribution is 7.93. The van der Waals surface area contributed by atoms with Gasteiger partial charge in [0.1, 0.15) is 17.2 Å². The maximum absolute atomic E-state index is 12.8. The quantitative estimate of drug-likeness (QED) is 0.711. The van der Waals surface area contributed by atoms with E-state index in [0.29, 0.717) is 5.75 Å². The Morgan fingerprint density at radius 3 is 1.80 bits per heavy atom. The van der Waals surface area contributed by atoms with Crippen LogP contribution in [0, 0.1) is 0 Å². The molecule has 0 atom stereocenters. The number of hydrogen-bond donors (Lipinski definition) is 2. The van der Waals surface area contributed by atoms with Gasteiger partial charge in [-0.05, 0) is 12.1 Å². The molecule has 0 radical (unpaired) electrons. The molecule has 7 nitrogen and oxygen atoms in total. The summed E-state index contributed by atoms with van der Waals surface area (Å²) in [6.45, 7) is 0. The van der Waals surface area contributed by atoms with Crippen LogP contribution in [0.15, 0.2) is 29.2 Å². The zero-order chi connectivity index (χ0) is 18.8. The number of rotatable bonds is 6. The van der Waals surface area contributed by atoms with Crippen LogP contribution in [0.4, 0.5) is 5.69 Å². The van der Waals surface area contributed by atoms with E-state index in [1.54, 1.807) is 0 Å². The lowest BCUT2D eigenvalue weighted by atomic mass is 10.3. The molecular weight excluding hydrogens is 393 g/mol. The first-order chi connectivity index (χ1) is 11.7. The van der Waals surface area contributed by atoms with Crippen molar-refractivity contribution < 1.29 is 27.7 Å². The van der Waals surface area contributed by atoms with E-state index in [9.17, 15) is 13.5 Å². The van der Waals surface area contributed by atoms with Crippen LogP contribution in [0.5, 0.6) is 23.0 Å². The van der Waals surface area contributed by atoms with Gasteiger partial charge in [-0.25, -0.2) is 8.42 Å². The summed E-state index contributed by atoms with van der Waals surface area (Å²) in [5.41, 5.74) is 0.0627. The molecule has 10 heteroatoms. The normalized spacial score (nSPS) is 11.1. The molecule has 0 aromatic heterocycles. The van der Waals surface area contributed by atoms with Gasteiger partial charge in [0.25, 0.3) is 10.0 Å². The van der Waals surface area contributed by atoms with E-state index in [-0.39, 0.29) is 37.9 Å². The first-order valence-corrected chi connectivity index (χ1v) is 8.98. The second-order valence-corrected chi connectivity index (χ2v) is 7.19.